The third-order valence-corrected chi connectivity index (χ3v) is 8.83. The third-order valence-electron chi connectivity index (χ3n) is 6.99. The number of benzene rings is 3. The maximum absolute atomic E-state index is 13.3. The average Bonchev–Trinajstić information content (AvgIpc) is 2.90. The lowest BCUT2D eigenvalue weighted by Crippen LogP contribution is -2.72. The number of piperazine rings is 1. The van der Waals surface area contributed by atoms with Gasteiger partial charge < -0.3 is 5.32 Å². The summed E-state index contributed by atoms with van der Waals surface area (Å²) in [6, 6.07) is 30.0. The van der Waals surface area contributed by atoms with E-state index in [1.165, 1.54) is 5.56 Å². The van der Waals surface area contributed by atoms with Gasteiger partial charge in [0.15, 0.2) is 0 Å². The normalized spacial score (nSPS) is 22.2. The van der Waals surface area contributed by atoms with E-state index in [4.69, 9.17) is 0 Å². The Hall–Kier alpha value is -3.32. The predicted molar refractivity (Wildman–Crippen MR) is 134 cm³/mol. The van der Waals surface area contributed by atoms with Crippen LogP contribution in [0.25, 0.3) is 22.3 Å². The summed E-state index contributed by atoms with van der Waals surface area (Å²) in [6.45, 7) is 0.961. The monoisotopic (exact) mass is 467 g/mol. The fourth-order valence-electron chi connectivity index (χ4n) is 5.18. The Labute approximate surface area is 200 Å². The van der Waals surface area contributed by atoms with Gasteiger partial charge in [0.25, 0.3) is 0 Å². The van der Waals surface area contributed by atoms with E-state index in [9.17, 15) is 8.42 Å². The molecule has 170 valence electrons. The van der Waals surface area contributed by atoms with Crippen LogP contribution >= 0.6 is 0 Å². The van der Waals surface area contributed by atoms with Gasteiger partial charge in [0.2, 0.25) is 10.0 Å². The van der Waals surface area contributed by atoms with Crippen molar-refractivity contribution in [1.29, 1.82) is 0 Å². The van der Waals surface area contributed by atoms with Crippen molar-refractivity contribution in [3.8, 4) is 22.3 Å². The summed E-state index contributed by atoms with van der Waals surface area (Å²) in [5.74, 6) is 0.329. The molecule has 2 bridgehead atoms. The van der Waals surface area contributed by atoms with Crippen LogP contribution in [0.15, 0.2) is 108 Å². The van der Waals surface area contributed by atoms with E-state index in [2.05, 4.69) is 40.6 Å². The number of rotatable bonds is 5. The maximum Gasteiger partial charge on any atom is 0.243 e. The van der Waals surface area contributed by atoms with E-state index in [1.54, 1.807) is 22.6 Å². The van der Waals surface area contributed by atoms with Crippen molar-refractivity contribution >= 4 is 10.0 Å². The maximum atomic E-state index is 13.3. The number of hydrogen-bond acceptors (Lipinski definition) is 4. The molecule has 7 rings (SSSR count). The minimum Gasteiger partial charge on any atom is -0.307 e. The largest absolute Gasteiger partial charge is 0.307 e. The third kappa shape index (κ3) is 3.74. The number of nitrogens with one attached hydrogen (secondary N) is 1. The second-order valence-corrected chi connectivity index (χ2v) is 10.9. The lowest BCUT2D eigenvalue weighted by molar-refractivity contribution is 0.102. The minimum absolute atomic E-state index is 0.126. The van der Waals surface area contributed by atoms with E-state index < -0.39 is 10.0 Å². The van der Waals surface area contributed by atoms with Gasteiger partial charge in [-0.15, -0.1) is 0 Å². The first-order valence-electron chi connectivity index (χ1n) is 11.5. The Balaban J connectivity index is 1.16. The Morgan fingerprint density at radius 2 is 1.29 bits per heavy atom. The zero-order chi connectivity index (χ0) is 23.1. The van der Waals surface area contributed by atoms with Gasteiger partial charge in [-0.05, 0) is 46.0 Å². The van der Waals surface area contributed by atoms with Crippen molar-refractivity contribution in [2.75, 3.05) is 13.1 Å². The van der Waals surface area contributed by atoms with Crippen LogP contribution in [-0.4, -0.2) is 42.9 Å². The summed E-state index contributed by atoms with van der Waals surface area (Å²) in [4.78, 5) is 4.55. The SMILES string of the molecule is O=S(=O)(c1ccc(-c2ccccc2)cc1)N1C[C@@H]2N[C@H](C1)C2c1ccc(-c2cccnc2)cc1. The molecule has 1 N–H and O–H groups in total. The summed E-state index contributed by atoms with van der Waals surface area (Å²) in [5, 5.41) is 3.54. The molecule has 5 nitrogen and oxygen atoms in total. The molecule has 4 aromatic rings. The number of fused-ring (bicyclic) bond motifs is 2. The first-order valence-corrected chi connectivity index (χ1v) is 13.0. The van der Waals surface area contributed by atoms with Crippen LogP contribution in [0.4, 0.5) is 0 Å². The first kappa shape index (κ1) is 21.2. The zero-order valence-corrected chi connectivity index (χ0v) is 19.4. The Bertz CT molecular complexity index is 1380. The van der Waals surface area contributed by atoms with Crippen molar-refractivity contribution in [3.05, 3.63) is 109 Å². The molecular weight excluding hydrogens is 442 g/mol. The van der Waals surface area contributed by atoms with Crippen molar-refractivity contribution in [3.63, 3.8) is 0 Å². The molecule has 3 aromatic carbocycles. The molecule has 0 aliphatic carbocycles. The summed E-state index contributed by atoms with van der Waals surface area (Å²) >= 11 is 0. The van der Waals surface area contributed by atoms with Crippen molar-refractivity contribution in [2.24, 2.45) is 0 Å². The average molecular weight is 468 g/mol. The van der Waals surface area contributed by atoms with Crippen LogP contribution in [0, 0.1) is 0 Å². The number of hydrogen-bond donors (Lipinski definition) is 1. The van der Waals surface area contributed by atoms with Crippen LogP contribution in [0.3, 0.4) is 0 Å². The smallest absolute Gasteiger partial charge is 0.243 e. The van der Waals surface area contributed by atoms with E-state index in [-0.39, 0.29) is 12.1 Å². The van der Waals surface area contributed by atoms with Gasteiger partial charge in [-0.2, -0.15) is 4.31 Å². The number of aromatic nitrogens is 1. The molecule has 1 aromatic heterocycles. The molecule has 34 heavy (non-hydrogen) atoms. The molecule has 3 atom stereocenters. The van der Waals surface area contributed by atoms with Gasteiger partial charge >= 0.3 is 0 Å². The summed E-state index contributed by atoms with van der Waals surface area (Å²) in [6.07, 6.45) is 3.64. The van der Waals surface area contributed by atoms with E-state index in [0.717, 1.165) is 22.3 Å². The lowest BCUT2D eigenvalue weighted by atomic mass is 9.75. The van der Waals surface area contributed by atoms with Gasteiger partial charge in [-0.1, -0.05) is 72.8 Å². The molecule has 0 radical (unpaired) electrons. The van der Waals surface area contributed by atoms with E-state index >= 15 is 0 Å². The fraction of sp³-hybridized carbons (Fsp3) is 0.179. The predicted octanol–water partition coefficient (Wildman–Crippen LogP) is 4.54. The van der Waals surface area contributed by atoms with Crippen molar-refractivity contribution in [2.45, 2.75) is 22.9 Å². The standard InChI is InChI=1S/C28H25N3O2S/c32-34(33,25-14-12-21(13-15-25)20-5-2-1-3-6-20)31-18-26-28(27(19-31)30-26)23-10-8-22(9-11-23)24-7-4-16-29-17-24/h1-17,26-28,30H,18-19H2/t26-,27+,28?. The van der Waals surface area contributed by atoms with Crippen molar-refractivity contribution in [1.82, 2.24) is 14.6 Å². The van der Waals surface area contributed by atoms with Gasteiger partial charge in [-0.25, -0.2) is 8.42 Å². The molecule has 3 aliphatic heterocycles. The first-order chi connectivity index (χ1) is 16.6. The van der Waals surface area contributed by atoms with Gasteiger partial charge in [-0.3, -0.25) is 4.98 Å². The van der Waals surface area contributed by atoms with Gasteiger partial charge in [0.1, 0.15) is 0 Å². The van der Waals surface area contributed by atoms with Crippen molar-refractivity contribution < 1.29 is 8.42 Å². The Morgan fingerprint density at radius 3 is 1.94 bits per heavy atom. The molecular formula is C28H25N3O2S. The molecule has 0 amide bonds. The molecule has 6 heteroatoms. The summed E-state index contributed by atoms with van der Waals surface area (Å²) in [7, 11) is -3.53. The number of piperidine rings is 1. The summed E-state index contributed by atoms with van der Waals surface area (Å²) < 4.78 is 28.3. The highest BCUT2D eigenvalue weighted by molar-refractivity contribution is 7.89. The fourth-order valence-corrected chi connectivity index (χ4v) is 6.67. The highest BCUT2D eigenvalue weighted by atomic mass is 32.2. The van der Waals surface area contributed by atoms with Crippen LogP contribution in [0.2, 0.25) is 0 Å². The Kier molecular flexibility index (Phi) is 5.29. The molecule has 0 saturated carbocycles. The molecule has 3 saturated heterocycles. The molecule has 3 fully saturated rings. The Morgan fingerprint density at radius 1 is 0.706 bits per heavy atom. The van der Waals surface area contributed by atoms with Crippen LogP contribution in [-0.2, 0) is 10.0 Å². The van der Waals surface area contributed by atoms with E-state index in [1.807, 2.05) is 54.7 Å². The highest BCUT2D eigenvalue weighted by Crippen LogP contribution is 2.39. The topological polar surface area (TPSA) is 62.3 Å². The molecule has 1 unspecified atom stereocenters. The number of sulfonamides is 1. The molecule has 0 spiro atoms. The van der Waals surface area contributed by atoms with Crippen LogP contribution < -0.4 is 5.32 Å². The lowest BCUT2D eigenvalue weighted by Gasteiger charge is -2.54. The molecule has 4 heterocycles. The summed E-state index contributed by atoms with van der Waals surface area (Å²) in [5.41, 5.74) is 5.57. The van der Waals surface area contributed by atoms with Gasteiger partial charge in [0, 0.05) is 43.5 Å². The van der Waals surface area contributed by atoms with Gasteiger partial charge in [0.05, 0.1) is 4.90 Å². The number of nitrogens with zero attached hydrogens (tertiary/aromatic N) is 2. The second-order valence-electron chi connectivity index (χ2n) is 8.98. The quantitative estimate of drug-likeness (QED) is 0.468. The molecule has 3 aliphatic rings. The van der Waals surface area contributed by atoms with Crippen LogP contribution in [0.1, 0.15) is 11.5 Å². The number of pyridine rings is 1. The van der Waals surface area contributed by atoms with Crippen LogP contribution in [0.5, 0.6) is 0 Å². The van der Waals surface area contributed by atoms with E-state index in [0.29, 0.717) is 23.9 Å². The highest BCUT2D eigenvalue weighted by Gasteiger charge is 2.49. The zero-order valence-electron chi connectivity index (χ0n) is 18.6. The minimum atomic E-state index is -3.53. The second kappa shape index (κ2) is 8.47.